The molecular weight excluding hydrogens is 224 g/mol. The fraction of sp³-hybridized carbons (Fsp3) is 1.00. The van der Waals surface area contributed by atoms with Crippen molar-refractivity contribution in [2.45, 2.75) is 58.0 Å². The minimum absolute atomic E-state index is 0.202. The van der Waals surface area contributed by atoms with Crippen molar-refractivity contribution in [3.63, 3.8) is 0 Å². The van der Waals surface area contributed by atoms with Crippen LogP contribution in [0.15, 0.2) is 0 Å². The highest BCUT2D eigenvalue weighted by molar-refractivity contribution is 7.91. The lowest BCUT2D eigenvalue weighted by molar-refractivity contribution is 0.0995. The second kappa shape index (κ2) is 6.60. The Hall–Kier alpha value is -0.0900. The van der Waals surface area contributed by atoms with Gasteiger partial charge < -0.3 is 5.11 Å². The first-order valence-electron chi connectivity index (χ1n) is 6.43. The average molecular weight is 248 g/mol. The maximum Gasteiger partial charge on any atom is 0.150 e. The molecular formula is C12H24O3S. The van der Waals surface area contributed by atoms with Crippen molar-refractivity contribution in [3.8, 4) is 0 Å². The zero-order valence-corrected chi connectivity index (χ0v) is 11.0. The van der Waals surface area contributed by atoms with Gasteiger partial charge in [-0.2, -0.15) is 0 Å². The van der Waals surface area contributed by atoms with Crippen LogP contribution in [-0.2, 0) is 9.84 Å². The van der Waals surface area contributed by atoms with Gasteiger partial charge in [0.1, 0.15) is 9.84 Å². The molecule has 0 aromatic carbocycles. The van der Waals surface area contributed by atoms with Crippen molar-refractivity contribution in [3.05, 3.63) is 0 Å². The summed E-state index contributed by atoms with van der Waals surface area (Å²) in [5, 5.41) is 9.89. The number of aliphatic hydroxyl groups is 1. The third-order valence-corrected chi connectivity index (χ3v) is 5.38. The highest BCUT2D eigenvalue weighted by Gasteiger charge is 2.22. The first-order chi connectivity index (χ1) is 7.55. The zero-order valence-electron chi connectivity index (χ0n) is 10.2. The molecule has 0 heterocycles. The third-order valence-electron chi connectivity index (χ3n) is 3.59. The molecule has 0 aromatic heterocycles. The van der Waals surface area contributed by atoms with E-state index in [2.05, 4.69) is 0 Å². The smallest absolute Gasteiger partial charge is 0.150 e. The third kappa shape index (κ3) is 4.83. The lowest BCUT2D eigenvalue weighted by atomic mass is 9.96. The van der Waals surface area contributed by atoms with E-state index in [-0.39, 0.29) is 17.6 Å². The van der Waals surface area contributed by atoms with Crippen LogP contribution in [0.1, 0.15) is 51.9 Å². The van der Waals surface area contributed by atoms with Gasteiger partial charge in [-0.15, -0.1) is 0 Å². The van der Waals surface area contributed by atoms with Crippen LogP contribution in [0.5, 0.6) is 0 Å². The molecule has 1 saturated carbocycles. The van der Waals surface area contributed by atoms with Gasteiger partial charge in [0.2, 0.25) is 0 Å². The highest BCUT2D eigenvalue weighted by atomic mass is 32.2. The van der Waals surface area contributed by atoms with E-state index in [1.807, 2.05) is 0 Å². The number of hydrogen-bond acceptors (Lipinski definition) is 3. The molecule has 1 atom stereocenters. The zero-order chi connectivity index (χ0) is 12.0. The summed E-state index contributed by atoms with van der Waals surface area (Å²) in [7, 11) is -2.82. The van der Waals surface area contributed by atoms with Gasteiger partial charge in [-0.1, -0.05) is 19.8 Å². The molecule has 1 N–H and O–H groups in total. The van der Waals surface area contributed by atoms with Crippen LogP contribution in [0.4, 0.5) is 0 Å². The molecule has 0 aliphatic heterocycles. The molecule has 96 valence electrons. The summed E-state index contributed by atoms with van der Waals surface area (Å²) in [6.45, 7) is 1.68. The molecule has 3 nitrogen and oxygen atoms in total. The summed E-state index contributed by atoms with van der Waals surface area (Å²) in [5.41, 5.74) is 0. The van der Waals surface area contributed by atoms with Crippen LogP contribution in [0, 0.1) is 5.92 Å². The van der Waals surface area contributed by atoms with Crippen LogP contribution in [0.2, 0.25) is 0 Å². The lowest BCUT2D eigenvalue weighted by Crippen LogP contribution is -2.18. The molecule has 1 aliphatic carbocycles. The molecule has 16 heavy (non-hydrogen) atoms. The van der Waals surface area contributed by atoms with Crippen LogP contribution >= 0.6 is 0 Å². The minimum Gasteiger partial charge on any atom is -0.393 e. The summed E-state index contributed by atoms with van der Waals surface area (Å²) in [4.78, 5) is 0. The van der Waals surface area contributed by atoms with Crippen molar-refractivity contribution in [1.82, 2.24) is 0 Å². The Morgan fingerprint density at radius 2 is 1.88 bits per heavy atom. The highest BCUT2D eigenvalue weighted by Crippen LogP contribution is 2.29. The molecule has 1 fully saturated rings. The molecule has 1 unspecified atom stereocenters. The molecule has 0 bridgehead atoms. The molecule has 4 heteroatoms. The van der Waals surface area contributed by atoms with Crippen molar-refractivity contribution >= 4 is 9.84 Å². The molecule has 1 rings (SSSR count). The number of sulfone groups is 1. The second-order valence-electron chi connectivity index (χ2n) is 4.84. The van der Waals surface area contributed by atoms with Crippen LogP contribution in [-0.4, -0.2) is 31.1 Å². The number of aliphatic hydroxyl groups excluding tert-OH is 1. The Kier molecular flexibility index (Phi) is 5.76. The van der Waals surface area contributed by atoms with Gasteiger partial charge in [-0.05, 0) is 38.0 Å². The normalized spacial score (nSPS) is 20.1. The molecule has 1 aliphatic rings. The Morgan fingerprint density at radius 1 is 1.25 bits per heavy atom. The largest absolute Gasteiger partial charge is 0.393 e. The summed E-state index contributed by atoms with van der Waals surface area (Å²) >= 11 is 0. The van der Waals surface area contributed by atoms with Gasteiger partial charge in [-0.25, -0.2) is 8.42 Å². The quantitative estimate of drug-likeness (QED) is 0.702. The fourth-order valence-corrected chi connectivity index (χ4v) is 3.33. The number of hydrogen-bond donors (Lipinski definition) is 1. The Morgan fingerprint density at radius 3 is 2.44 bits per heavy atom. The van der Waals surface area contributed by atoms with E-state index in [0.717, 1.165) is 25.7 Å². The van der Waals surface area contributed by atoms with Crippen LogP contribution in [0.25, 0.3) is 0 Å². The van der Waals surface area contributed by atoms with Gasteiger partial charge >= 0.3 is 0 Å². The van der Waals surface area contributed by atoms with Gasteiger partial charge in [-0.3, -0.25) is 0 Å². The van der Waals surface area contributed by atoms with Crippen molar-refractivity contribution in [2.24, 2.45) is 5.92 Å². The summed E-state index contributed by atoms with van der Waals surface area (Å²) < 4.78 is 22.5. The predicted octanol–water partition coefficient (Wildman–Crippen LogP) is 2.14. The summed E-state index contributed by atoms with van der Waals surface area (Å²) in [5.74, 6) is 0.988. The molecule has 0 saturated heterocycles. The van der Waals surface area contributed by atoms with Crippen molar-refractivity contribution in [2.75, 3.05) is 11.5 Å². The van der Waals surface area contributed by atoms with Gasteiger partial charge in [0.15, 0.2) is 0 Å². The SMILES string of the molecule is CCS(=O)(=O)CCCCC(O)C1CCCC1. The average Bonchev–Trinajstić information content (AvgIpc) is 2.77. The number of unbranched alkanes of at least 4 members (excludes halogenated alkanes) is 1. The fourth-order valence-electron chi connectivity index (χ4n) is 2.40. The summed E-state index contributed by atoms with van der Waals surface area (Å²) in [6, 6.07) is 0. The van der Waals surface area contributed by atoms with Gasteiger partial charge in [0.25, 0.3) is 0 Å². The molecule has 0 spiro atoms. The van der Waals surface area contributed by atoms with E-state index >= 15 is 0 Å². The Bertz CT molecular complexity index is 279. The topological polar surface area (TPSA) is 54.4 Å². The van der Waals surface area contributed by atoms with Crippen molar-refractivity contribution in [1.29, 1.82) is 0 Å². The molecule has 0 amide bonds. The maximum absolute atomic E-state index is 11.2. The van der Waals surface area contributed by atoms with E-state index in [1.54, 1.807) is 6.92 Å². The van der Waals surface area contributed by atoms with E-state index in [9.17, 15) is 13.5 Å². The summed E-state index contributed by atoms with van der Waals surface area (Å²) in [6.07, 6.45) is 6.87. The standard InChI is InChI=1S/C12H24O3S/c1-2-16(14,15)10-6-5-9-12(13)11-7-3-4-8-11/h11-13H,2-10H2,1H3. The maximum atomic E-state index is 11.2. The first kappa shape index (κ1) is 14.0. The van der Waals surface area contributed by atoms with E-state index in [0.29, 0.717) is 12.3 Å². The van der Waals surface area contributed by atoms with E-state index in [4.69, 9.17) is 0 Å². The number of rotatable bonds is 7. The van der Waals surface area contributed by atoms with Crippen molar-refractivity contribution < 1.29 is 13.5 Å². The van der Waals surface area contributed by atoms with Gasteiger partial charge in [0, 0.05) is 5.75 Å². The minimum atomic E-state index is -2.82. The Labute approximate surface area is 99.2 Å². The van der Waals surface area contributed by atoms with E-state index < -0.39 is 9.84 Å². The molecule has 0 aromatic rings. The first-order valence-corrected chi connectivity index (χ1v) is 8.26. The van der Waals surface area contributed by atoms with Crippen LogP contribution < -0.4 is 0 Å². The predicted molar refractivity (Wildman–Crippen MR) is 66.1 cm³/mol. The van der Waals surface area contributed by atoms with Gasteiger partial charge in [0.05, 0.1) is 11.9 Å². The Balaban J connectivity index is 2.11. The van der Waals surface area contributed by atoms with Crippen LogP contribution in [0.3, 0.4) is 0 Å². The van der Waals surface area contributed by atoms with E-state index in [1.165, 1.54) is 12.8 Å². The molecule has 0 radical (unpaired) electrons. The lowest BCUT2D eigenvalue weighted by Gasteiger charge is -2.17. The second-order valence-corrected chi connectivity index (χ2v) is 7.32. The monoisotopic (exact) mass is 248 g/mol.